The SMILES string of the molecule is CC(C)OCCN1CCN(C2(C(O)c3ccccn3)CC(C)(C)OC(C)(C)C2)CC1. The Balaban J connectivity index is 1.81. The van der Waals surface area contributed by atoms with E-state index in [1.807, 2.05) is 18.2 Å². The molecule has 1 unspecified atom stereocenters. The first-order valence-electron chi connectivity index (χ1n) is 11.4. The van der Waals surface area contributed by atoms with E-state index < -0.39 is 11.6 Å². The van der Waals surface area contributed by atoms with E-state index in [2.05, 4.69) is 56.3 Å². The van der Waals surface area contributed by atoms with Crippen LogP contribution in [0.2, 0.25) is 0 Å². The van der Waals surface area contributed by atoms with Crippen molar-refractivity contribution in [2.24, 2.45) is 0 Å². The van der Waals surface area contributed by atoms with Crippen molar-refractivity contribution >= 4 is 0 Å². The molecule has 0 saturated carbocycles. The molecule has 0 amide bonds. The zero-order valence-electron chi connectivity index (χ0n) is 19.7. The monoisotopic (exact) mass is 419 g/mol. The zero-order chi connectivity index (χ0) is 22.0. The predicted octanol–water partition coefficient (Wildman–Crippen LogP) is 3.26. The Kier molecular flexibility index (Phi) is 7.25. The van der Waals surface area contributed by atoms with Gasteiger partial charge in [-0.15, -0.1) is 0 Å². The lowest BCUT2D eigenvalue weighted by Crippen LogP contribution is -2.67. The fourth-order valence-electron chi connectivity index (χ4n) is 5.59. The third kappa shape index (κ3) is 5.60. The summed E-state index contributed by atoms with van der Waals surface area (Å²) in [5, 5.41) is 11.7. The maximum absolute atomic E-state index is 11.7. The molecule has 2 fully saturated rings. The van der Waals surface area contributed by atoms with Gasteiger partial charge < -0.3 is 14.6 Å². The third-order valence-electron chi connectivity index (χ3n) is 6.35. The number of aromatic nitrogens is 1. The van der Waals surface area contributed by atoms with Crippen LogP contribution in [0, 0.1) is 0 Å². The van der Waals surface area contributed by atoms with Gasteiger partial charge in [0.2, 0.25) is 0 Å². The van der Waals surface area contributed by atoms with Crippen LogP contribution >= 0.6 is 0 Å². The van der Waals surface area contributed by atoms with E-state index in [9.17, 15) is 5.11 Å². The molecule has 0 spiro atoms. The van der Waals surface area contributed by atoms with E-state index in [4.69, 9.17) is 9.47 Å². The van der Waals surface area contributed by atoms with Crippen LogP contribution in [0.25, 0.3) is 0 Å². The standard InChI is InChI=1S/C24H41N3O3/c1-19(2)29-16-15-26-11-13-27(14-12-26)24(21(28)20-9-7-8-10-25-20)17-22(3,4)30-23(5,6)18-24/h7-10,19,21,28H,11-18H2,1-6H3. The summed E-state index contributed by atoms with van der Waals surface area (Å²) in [6, 6.07) is 5.81. The van der Waals surface area contributed by atoms with Gasteiger partial charge in [-0.1, -0.05) is 6.07 Å². The molecule has 30 heavy (non-hydrogen) atoms. The fraction of sp³-hybridized carbons (Fsp3) is 0.792. The van der Waals surface area contributed by atoms with Crippen molar-refractivity contribution in [1.82, 2.24) is 14.8 Å². The lowest BCUT2D eigenvalue weighted by molar-refractivity contribution is -0.228. The van der Waals surface area contributed by atoms with Crippen molar-refractivity contribution in [2.75, 3.05) is 39.3 Å². The van der Waals surface area contributed by atoms with Gasteiger partial charge in [0.15, 0.2) is 0 Å². The number of rotatable bonds is 7. The van der Waals surface area contributed by atoms with Gasteiger partial charge in [0.05, 0.1) is 35.1 Å². The van der Waals surface area contributed by atoms with Gasteiger partial charge in [0.1, 0.15) is 6.10 Å². The van der Waals surface area contributed by atoms with Gasteiger partial charge in [-0.2, -0.15) is 0 Å². The van der Waals surface area contributed by atoms with Crippen molar-refractivity contribution in [2.45, 2.75) is 83.3 Å². The molecule has 170 valence electrons. The minimum absolute atomic E-state index is 0.273. The van der Waals surface area contributed by atoms with E-state index in [1.54, 1.807) is 6.20 Å². The molecule has 2 saturated heterocycles. The molecule has 1 aromatic heterocycles. The number of piperazine rings is 1. The van der Waals surface area contributed by atoms with Crippen LogP contribution in [-0.2, 0) is 9.47 Å². The number of hydrogen-bond donors (Lipinski definition) is 1. The van der Waals surface area contributed by atoms with E-state index in [1.165, 1.54) is 0 Å². The normalized spacial score (nSPS) is 25.3. The Hall–Kier alpha value is -1.05. The third-order valence-corrected chi connectivity index (χ3v) is 6.35. The molecule has 0 aromatic carbocycles. The second kappa shape index (κ2) is 9.21. The number of aliphatic hydroxyl groups excluding tert-OH is 1. The average Bonchev–Trinajstić information content (AvgIpc) is 2.66. The molecule has 0 radical (unpaired) electrons. The molecule has 2 aliphatic rings. The number of ether oxygens (including phenoxy) is 2. The molecule has 1 N–H and O–H groups in total. The Bertz CT molecular complexity index is 654. The summed E-state index contributed by atoms with van der Waals surface area (Å²) in [4.78, 5) is 9.50. The molecule has 6 heteroatoms. The van der Waals surface area contributed by atoms with E-state index in [0.717, 1.165) is 57.9 Å². The highest BCUT2D eigenvalue weighted by Gasteiger charge is 2.55. The van der Waals surface area contributed by atoms with Crippen LogP contribution in [-0.4, -0.2) is 82.1 Å². The molecule has 1 aromatic rings. The Morgan fingerprint density at radius 3 is 2.23 bits per heavy atom. The molecule has 1 atom stereocenters. The van der Waals surface area contributed by atoms with Crippen LogP contribution in [0.4, 0.5) is 0 Å². The lowest BCUT2D eigenvalue weighted by Gasteiger charge is -2.59. The summed E-state index contributed by atoms with van der Waals surface area (Å²) in [7, 11) is 0. The summed E-state index contributed by atoms with van der Waals surface area (Å²) in [6.45, 7) is 18.3. The van der Waals surface area contributed by atoms with E-state index >= 15 is 0 Å². The Labute approximate surface area is 182 Å². The predicted molar refractivity (Wildman–Crippen MR) is 120 cm³/mol. The Morgan fingerprint density at radius 1 is 1.07 bits per heavy atom. The first kappa shape index (κ1) is 23.6. The van der Waals surface area contributed by atoms with Crippen molar-refractivity contribution < 1.29 is 14.6 Å². The molecule has 3 rings (SSSR count). The fourth-order valence-corrected chi connectivity index (χ4v) is 5.59. The minimum Gasteiger partial charge on any atom is -0.385 e. The summed E-state index contributed by atoms with van der Waals surface area (Å²) in [5.74, 6) is 0. The van der Waals surface area contributed by atoms with Gasteiger partial charge in [0, 0.05) is 38.9 Å². The second-order valence-electron chi connectivity index (χ2n) is 10.5. The van der Waals surface area contributed by atoms with Crippen molar-refractivity contribution in [3.8, 4) is 0 Å². The number of nitrogens with zero attached hydrogens (tertiary/aromatic N) is 3. The molecule has 6 nitrogen and oxygen atoms in total. The summed E-state index contributed by atoms with van der Waals surface area (Å²) in [6.07, 6.45) is 2.94. The highest BCUT2D eigenvalue weighted by molar-refractivity contribution is 5.18. The number of hydrogen-bond acceptors (Lipinski definition) is 6. The van der Waals surface area contributed by atoms with Crippen LogP contribution in [0.15, 0.2) is 24.4 Å². The van der Waals surface area contributed by atoms with E-state index in [0.29, 0.717) is 0 Å². The van der Waals surface area contributed by atoms with E-state index in [-0.39, 0.29) is 17.3 Å². The van der Waals surface area contributed by atoms with Crippen LogP contribution in [0.5, 0.6) is 0 Å². The Morgan fingerprint density at radius 2 is 1.70 bits per heavy atom. The largest absolute Gasteiger partial charge is 0.385 e. The molecule has 2 aliphatic heterocycles. The topological polar surface area (TPSA) is 58.1 Å². The quantitative estimate of drug-likeness (QED) is 0.732. The molecular formula is C24H41N3O3. The first-order valence-corrected chi connectivity index (χ1v) is 11.4. The summed E-state index contributed by atoms with van der Waals surface area (Å²) >= 11 is 0. The van der Waals surface area contributed by atoms with Crippen molar-refractivity contribution in [3.05, 3.63) is 30.1 Å². The zero-order valence-corrected chi connectivity index (χ0v) is 19.7. The molecule has 0 aliphatic carbocycles. The minimum atomic E-state index is -0.656. The highest BCUT2D eigenvalue weighted by atomic mass is 16.5. The smallest absolute Gasteiger partial charge is 0.114 e. The maximum atomic E-state index is 11.7. The summed E-state index contributed by atoms with van der Waals surface area (Å²) in [5.41, 5.74) is -0.293. The molecular weight excluding hydrogens is 378 g/mol. The van der Waals surface area contributed by atoms with Gasteiger partial charge in [0.25, 0.3) is 0 Å². The van der Waals surface area contributed by atoms with Crippen molar-refractivity contribution in [3.63, 3.8) is 0 Å². The molecule has 3 heterocycles. The number of aliphatic hydroxyl groups is 1. The average molecular weight is 420 g/mol. The van der Waals surface area contributed by atoms with Gasteiger partial charge in [-0.3, -0.25) is 14.8 Å². The number of pyridine rings is 1. The van der Waals surface area contributed by atoms with Gasteiger partial charge >= 0.3 is 0 Å². The van der Waals surface area contributed by atoms with Crippen LogP contribution in [0.3, 0.4) is 0 Å². The lowest BCUT2D eigenvalue weighted by atomic mass is 9.69. The van der Waals surface area contributed by atoms with Crippen molar-refractivity contribution in [1.29, 1.82) is 0 Å². The summed E-state index contributed by atoms with van der Waals surface area (Å²) < 4.78 is 12.1. The highest BCUT2D eigenvalue weighted by Crippen LogP contribution is 2.49. The molecule has 0 bridgehead atoms. The van der Waals surface area contributed by atoms with Gasteiger partial charge in [-0.25, -0.2) is 0 Å². The van der Waals surface area contributed by atoms with Crippen LogP contribution < -0.4 is 0 Å². The van der Waals surface area contributed by atoms with Gasteiger partial charge in [-0.05, 0) is 66.5 Å². The first-order chi connectivity index (χ1) is 14.0. The second-order valence-corrected chi connectivity index (χ2v) is 10.5. The van der Waals surface area contributed by atoms with Crippen LogP contribution in [0.1, 0.15) is 66.2 Å². The maximum Gasteiger partial charge on any atom is 0.114 e.